The van der Waals surface area contributed by atoms with Crippen molar-refractivity contribution in [3.63, 3.8) is 0 Å². The van der Waals surface area contributed by atoms with Crippen LogP contribution in [-0.4, -0.2) is 37.0 Å². The lowest BCUT2D eigenvalue weighted by Crippen LogP contribution is -2.54. The molecule has 0 bridgehead atoms. The number of urea groups is 1. The molecule has 1 aliphatic heterocycles. The van der Waals surface area contributed by atoms with Gasteiger partial charge in [0.05, 0.1) is 15.9 Å². The molecule has 1 aliphatic rings. The van der Waals surface area contributed by atoms with Crippen molar-refractivity contribution in [2.45, 2.75) is 20.8 Å². The van der Waals surface area contributed by atoms with Crippen LogP contribution < -0.4 is 25.0 Å². The van der Waals surface area contributed by atoms with Crippen LogP contribution in [0.3, 0.4) is 0 Å². The van der Waals surface area contributed by atoms with Crippen LogP contribution in [0, 0.1) is 17.4 Å². The van der Waals surface area contributed by atoms with Crippen LogP contribution in [-0.2, 0) is 14.4 Å². The zero-order valence-corrected chi connectivity index (χ0v) is 25.6. The number of rotatable bonds is 8. The summed E-state index contributed by atoms with van der Waals surface area (Å²) >= 11 is 5.36. The van der Waals surface area contributed by atoms with E-state index in [0.29, 0.717) is 38.6 Å². The first-order valence-corrected chi connectivity index (χ1v) is 14.1. The molecule has 3 aromatic carbocycles. The fourth-order valence-electron chi connectivity index (χ4n) is 3.93. The Kier molecular flexibility index (Phi) is 9.25. The molecule has 3 aromatic rings. The molecule has 1 fully saturated rings. The Morgan fingerprint density at radius 2 is 1.80 bits per heavy atom. The summed E-state index contributed by atoms with van der Waals surface area (Å²) < 4.78 is 13.0. The van der Waals surface area contributed by atoms with Crippen molar-refractivity contribution >= 4 is 79.7 Å². The van der Waals surface area contributed by atoms with E-state index in [4.69, 9.17) is 9.47 Å². The third-order valence-electron chi connectivity index (χ3n) is 6.06. The van der Waals surface area contributed by atoms with E-state index in [1.807, 2.05) is 54.6 Å². The number of hydrogen-bond donors (Lipinski definition) is 2. The third-order valence-corrected chi connectivity index (χ3v) is 7.39. The SMILES string of the molecule is CCOc1cc(/C=C2\C(=O)NC(=O)N(c3ccc(Br)cc3)C2=O)cc(I)c1OCC(=O)Nc1cccc(C)c1C. The number of carbonyl (C=O) groups is 4. The van der Waals surface area contributed by atoms with Crippen LogP contribution in [0.1, 0.15) is 23.6 Å². The van der Waals surface area contributed by atoms with Gasteiger partial charge in [0.1, 0.15) is 5.57 Å². The minimum Gasteiger partial charge on any atom is -0.490 e. The van der Waals surface area contributed by atoms with E-state index < -0.39 is 17.8 Å². The Hall–Kier alpha value is -3.71. The van der Waals surface area contributed by atoms with Crippen molar-refractivity contribution in [3.05, 3.63) is 84.9 Å². The van der Waals surface area contributed by atoms with E-state index in [1.54, 1.807) is 43.3 Å². The van der Waals surface area contributed by atoms with Gasteiger partial charge in [-0.15, -0.1) is 0 Å². The summed E-state index contributed by atoms with van der Waals surface area (Å²) in [5, 5.41) is 5.07. The second-order valence-electron chi connectivity index (χ2n) is 8.78. The van der Waals surface area contributed by atoms with Gasteiger partial charge >= 0.3 is 6.03 Å². The molecule has 0 atom stereocenters. The van der Waals surface area contributed by atoms with Crippen LogP contribution in [0.5, 0.6) is 11.5 Å². The highest BCUT2D eigenvalue weighted by Crippen LogP contribution is 2.35. The number of barbiturate groups is 1. The fraction of sp³-hybridized carbons (Fsp3) is 0.172. The first-order chi connectivity index (χ1) is 19.1. The molecule has 5 amide bonds. The van der Waals surface area contributed by atoms with Gasteiger partial charge in [-0.05, 0) is 109 Å². The van der Waals surface area contributed by atoms with Gasteiger partial charge in [-0.25, -0.2) is 9.69 Å². The Balaban J connectivity index is 1.58. The number of nitrogens with one attached hydrogen (secondary N) is 2. The molecule has 9 nitrogen and oxygen atoms in total. The molecule has 40 heavy (non-hydrogen) atoms. The molecule has 0 spiro atoms. The van der Waals surface area contributed by atoms with Gasteiger partial charge in [-0.1, -0.05) is 28.1 Å². The van der Waals surface area contributed by atoms with E-state index >= 15 is 0 Å². The molecule has 0 saturated carbocycles. The normalized spacial score (nSPS) is 14.3. The first-order valence-electron chi connectivity index (χ1n) is 12.2. The molecule has 1 heterocycles. The van der Waals surface area contributed by atoms with Crippen molar-refractivity contribution in [1.29, 1.82) is 0 Å². The number of benzene rings is 3. The number of amides is 5. The summed E-state index contributed by atoms with van der Waals surface area (Å²) in [6.45, 7) is 5.76. The molecule has 0 aromatic heterocycles. The van der Waals surface area contributed by atoms with Gasteiger partial charge in [-0.2, -0.15) is 0 Å². The van der Waals surface area contributed by atoms with Crippen molar-refractivity contribution in [1.82, 2.24) is 5.32 Å². The molecule has 0 aliphatic carbocycles. The second kappa shape index (κ2) is 12.6. The maximum absolute atomic E-state index is 13.2. The Bertz CT molecular complexity index is 1540. The Labute approximate surface area is 253 Å². The van der Waals surface area contributed by atoms with Crippen LogP contribution in [0.4, 0.5) is 16.2 Å². The number of hydrogen-bond acceptors (Lipinski definition) is 6. The minimum absolute atomic E-state index is 0.220. The Morgan fingerprint density at radius 1 is 1.07 bits per heavy atom. The largest absolute Gasteiger partial charge is 0.490 e. The topological polar surface area (TPSA) is 114 Å². The summed E-state index contributed by atoms with van der Waals surface area (Å²) in [7, 11) is 0. The van der Waals surface area contributed by atoms with E-state index in [2.05, 4.69) is 26.6 Å². The summed E-state index contributed by atoms with van der Waals surface area (Å²) in [5.41, 5.74) is 3.31. The lowest BCUT2D eigenvalue weighted by Gasteiger charge is -2.26. The lowest BCUT2D eigenvalue weighted by atomic mass is 10.1. The molecule has 4 rings (SSSR count). The van der Waals surface area contributed by atoms with Crippen LogP contribution in [0.15, 0.2) is 64.6 Å². The highest BCUT2D eigenvalue weighted by molar-refractivity contribution is 14.1. The monoisotopic (exact) mass is 717 g/mol. The summed E-state index contributed by atoms with van der Waals surface area (Å²) in [6, 6.07) is 14.7. The zero-order valence-electron chi connectivity index (χ0n) is 21.8. The molecular weight excluding hydrogens is 693 g/mol. The summed E-state index contributed by atoms with van der Waals surface area (Å²) in [6.07, 6.45) is 1.39. The third kappa shape index (κ3) is 6.53. The van der Waals surface area contributed by atoms with Crippen molar-refractivity contribution in [3.8, 4) is 11.5 Å². The van der Waals surface area contributed by atoms with Gasteiger partial charge in [0.15, 0.2) is 18.1 Å². The maximum atomic E-state index is 13.2. The lowest BCUT2D eigenvalue weighted by molar-refractivity contribution is -0.122. The quantitative estimate of drug-likeness (QED) is 0.174. The van der Waals surface area contributed by atoms with Gasteiger partial charge in [0.25, 0.3) is 17.7 Å². The molecule has 11 heteroatoms. The second-order valence-corrected chi connectivity index (χ2v) is 10.9. The maximum Gasteiger partial charge on any atom is 0.335 e. The predicted octanol–water partition coefficient (Wildman–Crippen LogP) is 5.75. The molecule has 2 N–H and O–H groups in total. The molecule has 206 valence electrons. The molecule has 0 unspecified atom stereocenters. The van der Waals surface area contributed by atoms with E-state index in [-0.39, 0.29) is 18.1 Å². The number of halogens is 2. The minimum atomic E-state index is -0.832. The van der Waals surface area contributed by atoms with Gasteiger partial charge < -0.3 is 14.8 Å². The predicted molar refractivity (Wildman–Crippen MR) is 164 cm³/mol. The molecular formula is C29H25BrIN3O6. The van der Waals surface area contributed by atoms with Gasteiger partial charge in [0, 0.05) is 10.2 Å². The summed E-state index contributed by atoms with van der Waals surface area (Å²) in [4.78, 5) is 51.9. The Morgan fingerprint density at radius 3 is 2.50 bits per heavy atom. The van der Waals surface area contributed by atoms with Gasteiger partial charge in [-0.3, -0.25) is 19.7 Å². The number of imide groups is 2. The smallest absolute Gasteiger partial charge is 0.335 e. The highest BCUT2D eigenvalue weighted by atomic mass is 127. The van der Waals surface area contributed by atoms with Crippen molar-refractivity contribution in [2.24, 2.45) is 0 Å². The van der Waals surface area contributed by atoms with E-state index in [0.717, 1.165) is 20.5 Å². The van der Waals surface area contributed by atoms with Crippen LogP contribution >= 0.6 is 38.5 Å². The average molecular weight is 718 g/mol. The number of ether oxygens (including phenoxy) is 2. The number of aryl methyl sites for hydroxylation is 1. The van der Waals surface area contributed by atoms with Gasteiger partial charge in [0.2, 0.25) is 0 Å². The van der Waals surface area contributed by atoms with Crippen LogP contribution in [0.25, 0.3) is 6.08 Å². The van der Waals surface area contributed by atoms with Crippen molar-refractivity contribution in [2.75, 3.05) is 23.4 Å². The van der Waals surface area contributed by atoms with Crippen molar-refractivity contribution < 1.29 is 28.7 Å². The van der Waals surface area contributed by atoms with E-state index in [9.17, 15) is 19.2 Å². The number of anilines is 2. The zero-order chi connectivity index (χ0) is 29.0. The first kappa shape index (κ1) is 29.3. The van der Waals surface area contributed by atoms with Crippen LogP contribution in [0.2, 0.25) is 0 Å². The standard InChI is InChI=1S/C29H25BrIN3O6/c1-4-39-24-14-18(12-21-27(36)33-29(38)34(28(21)37)20-10-8-19(30)9-11-20)13-22(31)26(24)40-15-25(35)32-23-7-5-6-16(2)17(23)3/h5-14H,4,15H2,1-3H3,(H,32,35)(H,33,36,38)/b21-12+. The summed E-state index contributed by atoms with van der Waals surface area (Å²) in [5.74, 6) is -1.20. The molecule has 1 saturated heterocycles. The average Bonchev–Trinajstić information content (AvgIpc) is 2.90. The fourth-order valence-corrected chi connectivity index (χ4v) is 4.98. The number of nitrogens with zero attached hydrogens (tertiary/aromatic N) is 1. The van der Waals surface area contributed by atoms with E-state index in [1.165, 1.54) is 6.08 Å². The highest BCUT2D eigenvalue weighted by Gasteiger charge is 2.36. The number of carbonyl (C=O) groups excluding carboxylic acids is 4. The molecule has 0 radical (unpaired) electrons.